The van der Waals surface area contributed by atoms with Gasteiger partial charge >= 0.3 is 0 Å². The molecule has 0 saturated carbocycles. The average Bonchev–Trinajstić information content (AvgIpc) is 2.08. The molecule has 13 heavy (non-hydrogen) atoms. The Bertz CT molecular complexity index is 294. The molecular formula is C9H13N3O. The summed E-state index contributed by atoms with van der Waals surface area (Å²) in [6, 6.07) is 6.58. The van der Waals surface area contributed by atoms with Crippen LogP contribution >= 0.6 is 0 Å². The quantitative estimate of drug-likeness (QED) is 0.552. The fourth-order valence-electron chi connectivity index (χ4n) is 1.01. The Hall–Kier alpha value is -1.55. The Balaban J connectivity index is 2.64. The lowest BCUT2D eigenvalue weighted by Crippen LogP contribution is -2.38. The lowest BCUT2D eigenvalue weighted by molar-refractivity contribution is -0.119. The average molecular weight is 179 g/mol. The number of hydrogen-bond donors (Lipinski definition) is 3. The molecule has 1 aromatic rings. The number of carbonyl (C=O) groups excluding carboxylic acids is 1. The largest absolute Gasteiger partial charge is 0.399 e. The van der Waals surface area contributed by atoms with Crippen molar-refractivity contribution >= 4 is 11.6 Å². The molecule has 4 nitrogen and oxygen atoms in total. The van der Waals surface area contributed by atoms with Crippen molar-refractivity contribution in [2.75, 3.05) is 5.73 Å². The predicted octanol–water partition coefficient (Wildman–Crippen LogP) is -0.376. The topological polar surface area (TPSA) is 95.1 Å². The fraction of sp³-hybridized carbons (Fsp3) is 0.222. The fourth-order valence-corrected chi connectivity index (χ4v) is 1.01. The van der Waals surface area contributed by atoms with Crippen LogP contribution in [0.4, 0.5) is 5.69 Å². The van der Waals surface area contributed by atoms with Crippen LogP contribution in [-0.4, -0.2) is 11.9 Å². The van der Waals surface area contributed by atoms with E-state index in [0.717, 1.165) is 5.56 Å². The Morgan fingerprint density at radius 3 is 2.31 bits per heavy atom. The second kappa shape index (κ2) is 3.91. The van der Waals surface area contributed by atoms with E-state index >= 15 is 0 Å². The van der Waals surface area contributed by atoms with E-state index in [1.54, 1.807) is 12.1 Å². The minimum atomic E-state index is -0.622. The number of nitrogen functional groups attached to an aromatic ring is 1. The molecule has 1 rings (SSSR count). The second-order valence-corrected chi connectivity index (χ2v) is 2.95. The van der Waals surface area contributed by atoms with Gasteiger partial charge < -0.3 is 17.2 Å². The lowest BCUT2D eigenvalue weighted by Gasteiger charge is -2.06. The summed E-state index contributed by atoms with van der Waals surface area (Å²) in [5, 5.41) is 0. The molecule has 0 fully saturated rings. The van der Waals surface area contributed by atoms with E-state index in [2.05, 4.69) is 0 Å². The monoisotopic (exact) mass is 179 g/mol. The molecule has 1 amide bonds. The zero-order valence-electron chi connectivity index (χ0n) is 7.23. The number of hydrogen-bond acceptors (Lipinski definition) is 3. The van der Waals surface area contributed by atoms with Gasteiger partial charge in [-0.25, -0.2) is 0 Å². The van der Waals surface area contributed by atoms with Gasteiger partial charge in [0.15, 0.2) is 0 Å². The van der Waals surface area contributed by atoms with Gasteiger partial charge in [-0.15, -0.1) is 0 Å². The molecule has 0 aliphatic rings. The predicted molar refractivity (Wildman–Crippen MR) is 51.7 cm³/mol. The second-order valence-electron chi connectivity index (χ2n) is 2.95. The van der Waals surface area contributed by atoms with Gasteiger partial charge in [0, 0.05) is 5.69 Å². The summed E-state index contributed by atoms with van der Waals surface area (Å²) >= 11 is 0. The molecule has 0 radical (unpaired) electrons. The molecule has 0 heterocycles. The summed E-state index contributed by atoms with van der Waals surface area (Å²) in [6.45, 7) is 0. The number of benzene rings is 1. The van der Waals surface area contributed by atoms with Gasteiger partial charge in [0.1, 0.15) is 0 Å². The molecule has 1 unspecified atom stereocenters. The summed E-state index contributed by atoms with van der Waals surface area (Å²) in [7, 11) is 0. The minimum Gasteiger partial charge on any atom is -0.399 e. The standard InChI is InChI=1S/C9H13N3O/c10-7-3-1-6(2-4-7)5-8(11)9(12)13/h1-4,8H,5,10-11H2,(H2,12,13). The van der Waals surface area contributed by atoms with E-state index in [1.165, 1.54) is 0 Å². The van der Waals surface area contributed by atoms with Crippen molar-refractivity contribution in [3.8, 4) is 0 Å². The minimum absolute atomic E-state index is 0.454. The van der Waals surface area contributed by atoms with Crippen molar-refractivity contribution < 1.29 is 4.79 Å². The summed E-state index contributed by atoms with van der Waals surface area (Å²) in [6.07, 6.45) is 0.454. The molecule has 4 heteroatoms. The van der Waals surface area contributed by atoms with Crippen LogP contribution in [0, 0.1) is 0 Å². The van der Waals surface area contributed by atoms with Crippen LogP contribution in [-0.2, 0) is 11.2 Å². The number of primary amides is 1. The molecule has 70 valence electrons. The molecule has 6 N–H and O–H groups in total. The van der Waals surface area contributed by atoms with Gasteiger partial charge in [-0.2, -0.15) is 0 Å². The Kier molecular flexibility index (Phi) is 2.87. The molecule has 1 aromatic carbocycles. The van der Waals surface area contributed by atoms with Gasteiger partial charge in [-0.1, -0.05) is 12.1 Å². The van der Waals surface area contributed by atoms with Crippen LogP contribution in [0.25, 0.3) is 0 Å². The van der Waals surface area contributed by atoms with Gasteiger partial charge in [0.25, 0.3) is 0 Å². The summed E-state index contributed by atoms with van der Waals surface area (Å²) in [5.41, 5.74) is 17.7. The smallest absolute Gasteiger partial charge is 0.234 e. The highest BCUT2D eigenvalue weighted by Gasteiger charge is 2.09. The normalized spacial score (nSPS) is 12.4. The SMILES string of the molecule is NC(=O)C(N)Cc1ccc(N)cc1. The van der Waals surface area contributed by atoms with Crippen molar-refractivity contribution in [2.24, 2.45) is 11.5 Å². The lowest BCUT2D eigenvalue weighted by atomic mass is 10.1. The molecular weight excluding hydrogens is 166 g/mol. The van der Waals surface area contributed by atoms with Gasteiger partial charge in [0.2, 0.25) is 5.91 Å². The molecule has 0 aliphatic heterocycles. The Labute approximate surface area is 76.7 Å². The maximum absolute atomic E-state index is 10.6. The third-order valence-corrected chi connectivity index (χ3v) is 1.80. The van der Waals surface area contributed by atoms with Crippen molar-refractivity contribution in [1.82, 2.24) is 0 Å². The third-order valence-electron chi connectivity index (χ3n) is 1.80. The summed E-state index contributed by atoms with van der Waals surface area (Å²) in [4.78, 5) is 10.6. The first-order valence-corrected chi connectivity index (χ1v) is 3.99. The number of anilines is 1. The number of rotatable bonds is 3. The molecule has 0 aromatic heterocycles. The van der Waals surface area contributed by atoms with Crippen molar-refractivity contribution in [1.29, 1.82) is 0 Å². The van der Waals surface area contributed by atoms with Crippen LogP contribution in [0.15, 0.2) is 24.3 Å². The van der Waals surface area contributed by atoms with Crippen molar-refractivity contribution in [3.05, 3.63) is 29.8 Å². The van der Waals surface area contributed by atoms with E-state index in [1.807, 2.05) is 12.1 Å². The highest BCUT2D eigenvalue weighted by Crippen LogP contribution is 2.06. The molecule has 0 bridgehead atoms. The van der Waals surface area contributed by atoms with Crippen LogP contribution in [0.2, 0.25) is 0 Å². The van der Waals surface area contributed by atoms with Crippen LogP contribution in [0.3, 0.4) is 0 Å². The number of carbonyl (C=O) groups is 1. The van der Waals surface area contributed by atoms with E-state index < -0.39 is 11.9 Å². The van der Waals surface area contributed by atoms with Gasteiger partial charge in [0.05, 0.1) is 6.04 Å². The summed E-state index contributed by atoms with van der Waals surface area (Å²) < 4.78 is 0. The molecule has 0 aliphatic carbocycles. The van der Waals surface area contributed by atoms with Crippen molar-refractivity contribution in [2.45, 2.75) is 12.5 Å². The van der Waals surface area contributed by atoms with E-state index in [-0.39, 0.29) is 0 Å². The van der Waals surface area contributed by atoms with Crippen molar-refractivity contribution in [3.63, 3.8) is 0 Å². The highest BCUT2D eigenvalue weighted by atomic mass is 16.1. The zero-order chi connectivity index (χ0) is 9.84. The Morgan fingerprint density at radius 2 is 1.85 bits per heavy atom. The third kappa shape index (κ3) is 2.76. The first kappa shape index (κ1) is 9.54. The highest BCUT2D eigenvalue weighted by molar-refractivity contribution is 5.79. The number of nitrogens with two attached hydrogens (primary N) is 3. The maximum Gasteiger partial charge on any atom is 0.234 e. The van der Waals surface area contributed by atoms with Gasteiger partial charge in [-0.3, -0.25) is 4.79 Å². The molecule has 0 spiro atoms. The van der Waals surface area contributed by atoms with Gasteiger partial charge in [-0.05, 0) is 24.1 Å². The van der Waals surface area contributed by atoms with Crippen LogP contribution in [0.5, 0.6) is 0 Å². The number of amides is 1. The first-order chi connectivity index (χ1) is 6.09. The zero-order valence-corrected chi connectivity index (χ0v) is 7.23. The first-order valence-electron chi connectivity index (χ1n) is 3.99. The van der Waals surface area contributed by atoms with Crippen LogP contribution < -0.4 is 17.2 Å². The van der Waals surface area contributed by atoms with E-state index in [0.29, 0.717) is 12.1 Å². The maximum atomic E-state index is 10.6. The molecule has 1 atom stereocenters. The molecule has 0 saturated heterocycles. The van der Waals surface area contributed by atoms with E-state index in [4.69, 9.17) is 17.2 Å². The van der Waals surface area contributed by atoms with Crippen LogP contribution in [0.1, 0.15) is 5.56 Å². The summed E-state index contributed by atoms with van der Waals surface area (Å²) in [5.74, 6) is -0.489. The Morgan fingerprint density at radius 1 is 1.31 bits per heavy atom. The van der Waals surface area contributed by atoms with E-state index in [9.17, 15) is 4.79 Å².